The summed E-state index contributed by atoms with van der Waals surface area (Å²) in [4.78, 5) is 11.3. The number of fused-ring (bicyclic) bond motifs is 3. The number of carbonyl (C=O) groups excluding carboxylic acids is 1. The van der Waals surface area contributed by atoms with E-state index < -0.39 is 0 Å². The largest absolute Gasteiger partial charge is 0.493 e. The van der Waals surface area contributed by atoms with Crippen LogP contribution in [-0.4, -0.2) is 19.1 Å². The van der Waals surface area contributed by atoms with Gasteiger partial charge in [0, 0.05) is 24.9 Å². The third-order valence-corrected chi connectivity index (χ3v) is 4.32. The van der Waals surface area contributed by atoms with E-state index in [1.54, 1.807) is 0 Å². The lowest BCUT2D eigenvalue weighted by Crippen LogP contribution is -2.24. The van der Waals surface area contributed by atoms with Crippen molar-refractivity contribution in [1.29, 1.82) is 0 Å². The lowest BCUT2D eigenvalue weighted by Gasteiger charge is -2.15. The minimum absolute atomic E-state index is 0.153. The average Bonchev–Trinajstić information content (AvgIpc) is 3.14. The van der Waals surface area contributed by atoms with Crippen molar-refractivity contribution in [2.45, 2.75) is 44.9 Å². The molecule has 0 aromatic heterocycles. The normalized spacial score (nSPS) is 18.0. The second-order valence-electron chi connectivity index (χ2n) is 5.44. The van der Waals surface area contributed by atoms with Crippen LogP contribution in [0.3, 0.4) is 0 Å². The summed E-state index contributed by atoms with van der Waals surface area (Å²) in [6.07, 6.45) is 13.1. The molecule has 1 heterocycles. The first kappa shape index (κ1) is 15.4. The van der Waals surface area contributed by atoms with Gasteiger partial charge in [0.2, 0.25) is 5.91 Å². The highest BCUT2D eigenvalue weighted by Crippen LogP contribution is 2.42. The van der Waals surface area contributed by atoms with Crippen LogP contribution in [0.5, 0.6) is 5.75 Å². The van der Waals surface area contributed by atoms with Crippen LogP contribution in [0.4, 0.5) is 0 Å². The average molecular weight is 285 g/mol. The van der Waals surface area contributed by atoms with E-state index in [9.17, 15) is 4.79 Å². The van der Waals surface area contributed by atoms with Crippen molar-refractivity contribution in [2.75, 3.05) is 13.2 Å². The number of rotatable bonds is 4. The Morgan fingerprint density at radius 2 is 2.19 bits per heavy atom. The molecule has 1 aromatic rings. The van der Waals surface area contributed by atoms with Gasteiger partial charge in [0.25, 0.3) is 0 Å². The fraction of sp³-hybridized carbons (Fsp3) is 0.500. The molecule has 0 saturated carbocycles. The maximum atomic E-state index is 11.3. The number of benzene rings is 1. The molecule has 2 aliphatic rings. The lowest BCUT2D eigenvalue weighted by molar-refractivity contribution is -0.120. The van der Waals surface area contributed by atoms with Gasteiger partial charge in [-0.05, 0) is 42.4 Å². The molecule has 1 N–H and O–H groups in total. The first-order chi connectivity index (χ1) is 10.3. The van der Waals surface area contributed by atoms with Gasteiger partial charge in [-0.25, -0.2) is 0 Å². The van der Waals surface area contributed by atoms with Crippen LogP contribution in [0.2, 0.25) is 0 Å². The molecule has 1 amide bonds. The van der Waals surface area contributed by atoms with Gasteiger partial charge in [-0.1, -0.05) is 13.0 Å². The highest BCUT2D eigenvalue weighted by atomic mass is 16.5. The minimum Gasteiger partial charge on any atom is -0.493 e. The number of hydrogen-bond acceptors (Lipinski definition) is 2. The van der Waals surface area contributed by atoms with E-state index in [0.29, 0.717) is 12.3 Å². The number of aryl methyl sites for hydroxylation is 1. The molecule has 0 bridgehead atoms. The predicted octanol–water partition coefficient (Wildman–Crippen LogP) is 2.82. The highest BCUT2D eigenvalue weighted by molar-refractivity contribution is 5.75. The SMILES string of the molecule is C#C.CCC(=O)NCC[C@@H]1CCc2ccc3c(c21)CCO3. The van der Waals surface area contributed by atoms with Crippen LogP contribution in [0, 0.1) is 12.8 Å². The molecule has 1 aromatic carbocycles. The van der Waals surface area contributed by atoms with Crippen LogP contribution in [0.15, 0.2) is 12.1 Å². The summed E-state index contributed by atoms with van der Waals surface area (Å²) in [6.45, 7) is 3.51. The summed E-state index contributed by atoms with van der Waals surface area (Å²) in [5.41, 5.74) is 4.46. The zero-order valence-corrected chi connectivity index (χ0v) is 12.7. The second-order valence-corrected chi connectivity index (χ2v) is 5.44. The third-order valence-electron chi connectivity index (χ3n) is 4.32. The molecule has 1 aliphatic carbocycles. The van der Waals surface area contributed by atoms with Crippen LogP contribution < -0.4 is 10.1 Å². The molecule has 1 aliphatic heterocycles. The summed E-state index contributed by atoms with van der Waals surface area (Å²) in [7, 11) is 0. The van der Waals surface area contributed by atoms with Gasteiger partial charge < -0.3 is 10.1 Å². The van der Waals surface area contributed by atoms with Gasteiger partial charge in [0.15, 0.2) is 0 Å². The Balaban J connectivity index is 0.000000774. The Hall–Kier alpha value is -1.95. The van der Waals surface area contributed by atoms with Crippen LogP contribution >= 0.6 is 0 Å². The van der Waals surface area contributed by atoms with Gasteiger partial charge in [-0.15, -0.1) is 12.8 Å². The van der Waals surface area contributed by atoms with E-state index in [0.717, 1.165) is 31.7 Å². The minimum atomic E-state index is 0.153. The van der Waals surface area contributed by atoms with E-state index in [1.165, 1.54) is 29.5 Å². The van der Waals surface area contributed by atoms with Gasteiger partial charge in [-0.2, -0.15) is 0 Å². The molecule has 3 nitrogen and oxygen atoms in total. The number of ether oxygens (including phenoxy) is 1. The number of terminal acetylenes is 1. The number of carbonyl (C=O) groups is 1. The summed E-state index contributed by atoms with van der Waals surface area (Å²) in [5.74, 6) is 1.84. The van der Waals surface area contributed by atoms with Crippen molar-refractivity contribution in [3.8, 4) is 18.6 Å². The fourth-order valence-corrected chi connectivity index (χ4v) is 3.35. The Labute approximate surface area is 127 Å². The number of hydrogen-bond donors (Lipinski definition) is 1. The first-order valence-electron chi connectivity index (χ1n) is 7.67. The topological polar surface area (TPSA) is 38.3 Å². The van der Waals surface area contributed by atoms with Crippen molar-refractivity contribution in [3.63, 3.8) is 0 Å². The lowest BCUT2D eigenvalue weighted by atomic mass is 9.92. The van der Waals surface area contributed by atoms with Gasteiger partial charge in [0.05, 0.1) is 6.61 Å². The molecular formula is C18H23NO2. The standard InChI is InChI=1S/C16H21NO2.C2H2/c1-2-15(18)17-9-7-12-4-3-11-5-6-14-13(16(11)12)8-10-19-14;1-2/h5-6,12H,2-4,7-10H2,1H3,(H,17,18);1-2H/t12-;/m0./s1. The van der Waals surface area contributed by atoms with Gasteiger partial charge in [0.1, 0.15) is 5.75 Å². The highest BCUT2D eigenvalue weighted by Gasteiger charge is 2.29. The van der Waals surface area contributed by atoms with E-state index in [4.69, 9.17) is 4.74 Å². The molecular weight excluding hydrogens is 262 g/mol. The molecule has 112 valence electrons. The quantitative estimate of drug-likeness (QED) is 0.864. The number of amides is 1. The third kappa shape index (κ3) is 3.21. The monoisotopic (exact) mass is 285 g/mol. The molecule has 0 unspecified atom stereocenters. The van der Waals surface area contributed by atoms with Gasteiger partial charge >= 0.3 is 0 Å². The van der Waals surface area contributed by atoms with E-state index in [1.807, 2.05) is 6.92 Å². The Morgan fingerprint density at radius 3 is 2.95 bits per heavy atom. The Morgan fingerprint density at radius 1 is 1.38 bits per heavy atom. The Bertz CT molecular complexity index is 534. The van der Waals surface area contributed by atoms with Crippen LogP contribution in [0.25, 0.3) is 0 Å². The summed E-state index contributed by atoms with van der Waals surface area (Å²) >= 11 is 0. The molecule has 1 atom stereocenters. The molecule has 0 spiro atoms. The summed E-state index contributed by atoms with van der Waals surface area (Å²) in [5, 5.41) is 2.99. The Kier molecular flexibility index (Phi) is 5.27. The van der Waals surface area contributed by atoms with Crippen molar-refractivity contribution in [1.82, 2.24) is 5.32 Å². The predicted molar refractivity (Wildman–Crippen MR) is 84.5 cm³/mol. The van der Waals surface area contributed by atoms with E-state index >= 15 is 0 Å². The van der Waals surface area contributed by atoms with Gasteiger partial charge in [-0.3, -0.25) is 4.79 Å². The molecule has 0 saturated heterocycles. The summed E-state index contributed by atoms with van der Waals surface area (Å²) in [6, 6.07) is 4.35. The van der Waals surface area contributed by atoms with Crippen molar-refractivity contribution in [3.05, 3.63) is 28.8 Å². The van der Waals surface area contributed by atoms with Crippen LogP contribution in [0.1, 0.15) is 48.8 Å². The molecule has 3 rings (SSSR count). The maximum absolute atomic E-state index is 11.3. The van der Waals surface area contributed by atoms with Crippen molar-refractivity contribution < 1.29 is 9.53 Å². The van der Waals surface area contributed by atoms with Crippen LogP contribution in [-0.2, 0) is 17.6 Å². The summed E-state index contributed by atoms with van der Waals surface area (Å²) < 4.78 is 5.66. The zero-order chi connectivity index (χ0) is 15.2. The zero-order valence-electron chi connectivity index (χ0n) is 12.7. The second kappa shape index (κ2) is 7.17. The fourth-order valence-electron chi connectivity index (χ4n) is 3.35. The van der Waals surface area contributed by atoms with Crippen molar-refractivity contribution in [2.24, 2.45) is 0 Å². The molecule has 0 fully saturated rings. The van der Waals surface area contributed by atoms with E-state index in [-0.39, 0.29) is 5.91 Å². The molecule has 0 radical (unpaired) electrons. The molecule has 3 heteroatoms. The molecule has 21 heavy (non-hydrogen) atoms. The maximum Gasteiger partial charge on any atom is 0.219 e. The van der Waals surface area contributed by atoms with E-state index in [2.05, 4.69) is 30.3 Å². The smallest absolute Gasteiger partial charge is 0.219 e. The number of nitrogens with one attached hydrogen (secondary N) is 1. The van der Waals surface area contributed by atoms with Crippen molar-refractivity contribution >= 4 is 5.91 Å². The first-order valence-corrected chi connectivity index (χ1v) is 7.67.